The highest BCUT2D eigenvalue weighted by Gasteiger charge is 2.28. The first-order valence-electron chi connectivity index (χ1n) is 5.39. The van der Waals surface area contributed by atoms with Crippen LogP contribution in [0.15, 0.2) is 12.2 Å². The number of hydrogen-bond donors (Lipinski definition) is 0. The Labute approximate surface area is 77.1 Å². The Balaban J connectivity index is 2.63. The van der Waals surface area contributed by atoms with Crippen molar-refractivity contribution >= 4 is 0 Å². The third-order valence-corrected chi connectivity index (χ3v) is 3.59. The van der Waals surface area contributed by atoms with Gasteiger partial charge in [-0.05, 0) is 43.4 Å². The van der Waals surface area contributed by atoms with Crippen molar-refractivity contribution in [3.8, 4) is 0 Å². The standard InChI is InChI=1S/C12H22/c1-5-11-8-7-9(3)12(6-2)10(11)4/h9,11-12H,4-8H2,1-3H3. The molecule has 0 amide bonds. The maximum atomic E-state index is 4.27. The lowest BCUT2D eigenvalue weighted by molar-refractivity contribution is 0.266. The van der Waals surface area contributed by atoms with Gasteiger partial charge in [0.1, 0.15) is 0 Å². The molecule has 0 N–H and O–H groups in total. The van der Waals surface area contributed by atoms with Crippen LogP contribution < -0.4 is 0 Å². The molecule has 0 aromatic heterocycles. The van der Waals surface area contributed by atoms with E-state index in [0.29, 0.717) is 0 Å². The summed E-state index contributed by atoms with van der Waals surface area (Å²) in [6.07, 6.45) is 5.38. The first kappa shape index (κ1) is 9.83. The third-order valence-electron chi connectivity index (χ3n) is 3.59. The zero-order chi connectivity index (χ0) is 9.14. The molecule has 1 aliphatic rings. The first-order valence-corrected chi connectivity index (χ1v) is 5.39. The molecular formula is C12H22. The quantitative estimate of drug-likeness (QED) is 0.543. The lowest BCUT2D eigenvalue weighted by Crippen LogP contribution is -2.24. The van der Waals surface area contributed by atoms with E-state index in [1.54, 1.807) is 5.57 Å². The van der Waals surface area contributed by atoms with E-state index in [-0.39, 0.29) is 0 Å². The minimum atomic E-state index is 0.809. The van der Waals surface area contributed by atoms with E-state index in [4.69, 9.17) is 0 Å². The molecule has 0 nitrogen and oxygen atoms in total. The van der Waals surface area contributed by atoms with Gasteiger partial charge in [-0.2, -0.15) is 0 Å². The van der Waals surface area contributed by atoms with Crippen molar-refractivity contribution in [1.82, 2.24) is 0 Å². The van der Waals surface area contributed by atoms with Crippen molar-refractivity contribution in [2.45, 2.75) is 46.5 Å². The van der Waals surface area contributed by atoms with E-state index in [1.807, 2.05) is 0 Å². The van der Waals surface area contributed by atoms with Gasteiger partial charge in [-0.25, -0.2) is 0 Å². The van der Waals surface area contributed by atoms with E-state index >= 15 is 0 Å². The van der Waals surface area contributed by atoms with Crippen LogP contribution in [0.5, 0.6) is 0 Å². The van der Waals surface area contributed by atoms with Crippen LogP contribution in [-0.4, -0.2) is 0 Å². The predicted molar refractivity (Wildman–Crippen MR) is 55.1 cm³/mol. The van der Waals surface area contributed by atoms with Gasteiger partial charge in [0, 0.05) is 0 Å². The van der Waals surface area contributed by atoms with Crippen molar-refractivity contribution in [3.05, 3.63) is 12.2 Å². The van der Waals surface area contributed by atoms with Crippen molar-refractivity contribution in [2.24, 2.45) is 17.8 Å². The second-order valence-corrected chi connectivity index (χ2v) is 4.25. The minimum absolute atomic E-state index is 0.809. The van der Waals surface area contributed by atoms with E-state index in [0.717, 1.165) is 17.8 Å². The molecule has 0 aliphatic heterocycles. The molecule has 0 radical (unpaired) electrons. The Morgan fingerprint density at radius 2 is 1.92 bits per heavy atom. The average molecular weight is 166 g/mol. The smallest absolute Gasteiger partial charge is 0.0180 e. The maximum absolute atomic E-state index is 4.27. The van der Waals surface area contributed by atoms with Crippen molar-refractivity contribution in [3.63, 3.8) is 0 Å². The van der Waals surface area contributed by atoms with Crippen LogP contribution in [0.4, 0.5) is 0 Å². The Morgan fingerprint density at radius 1 is 1.25 bits per heavy atom. The molecule has 3 unspecified atom stereocenters. The SMILES string of the molecule is C=C1C(CC)CCC(C)C1CC. The lowest BCUT2D eigenvalue weighted by Gasteiger charge is -2.35. The van der Waals surface area contributed by atoms with E-state index in [2.05, 4.69) is 27.4 Å². The van der Waals surface area contributed by atoms with Crippen LogP contribution in [0.2, 0.25) is 0 Å². The minimum Gasteiger partial charge on any atom is -0.0993 e. The number of allylic oxidation sites excluding steroid dienone is 1. The highest BCUT2D eigenvalue weighted by molar-refractivity contribution is 5.09. The Morgan fingerprint density at radius 3 is 2.42 bits per heavy atom. The molecule has 0 bridgehead atoms. The fourth-order valence-corrected chi connectivity index (χ4v) is 2.65. The first-order chi connectivity index (χ1) is 5.70. The normalized spacial score (nSPS) is 36.9. The van der Waals surface area contributed by atoms with Crippen LogP contribution in [-0.2, 0) is 0 Å². The molecule has 0 heteroatoms. The van der Waals surface area contributed by atoms with E-state index < -0.39 is 0 Å². The van der Waals surface area contributed by atoms with Gasteiger partial charge in [-0.1, -0.05) is 32.9 Å². The van der Waals surface area contributed by atoms with Gasteiger partial charge >= 0.3 is 0 Å². The molecular weight excluding hydrogens is 144 g/mol. The predicted octanol–water partition coefficient (Wildman–Crippen LogP) is 4.02. The van der Waals surface area contributed by atoms with Gasteiger partial charge < -0.3 is 0 Å². The van der Waals surface area contributed by atoms with Crippen LogP contribution in [0.1, 0.15) is 46.5 Å². The van der Waals surface area contributed by atoms with Crippen LogP contribution in [0.25, 0.3) is 0 Å². The summed E-state index contributed by atoms with van der Waals surface area (Å²) in [5, 5.41) is 0. The summed E-state index contributed by atoms with van der Waals surface area (Å²) in [6, 6.07) is 0. The maximum Gasteiger partial charge on any atom is -0.0180 e. The van der Waals surface area contributed by atoms with Crippen LogP contribution in [0, 0.1) is 17.8 Å². The molecule has 12 heavy (non-hydrogen) atoms. The highest BCUT2D eigenvalue weighted by atomic mass is 14.3. The second-order valence-electron chi connectivity index (χ2n) is 4.25. The molecule has 0 saturated heterocycles. The molecule has 1 rings (SSSR count). The fourth-order valence-electron chi connectivity index (χ4n) is 2.65. The summed E-state index contributed by atoms with van der Waals surface area (Å²) >= 11 is 0. The Kier molecular flexibility index (Phi) is 3.37. The topological polar surface area (TPSA) is 0 Å². The average Bonchev–Trinajstić information content (AvgIpc) is 2.06. The van der Waals surface area contributed by atoms with Crippen molar-refractivity contribution < 1.29 is 0 Å². The van der Waals surface area contributed by atoms with Crippen LogP contribution >= 0.6 is 0 Å². The van der Waals surface area contributed by atoms with Crippen LogP contribution in [0.3, 0.4) is 0 Å². The van der Waals surface area contributed by atoms with Crippen molar-refractivity contribution in [2.75, 3.05) is 0 Å². The van der Waals surface area contributed by atoms with Crippen molar-refractivity contribution in [1.29, 1.82) is 0 Å². The Hall–Kier alpha value is -0.260. The largest absolute Gasteiger partial charge is 0.0993 e. The summed E-state index contributed by atoms with van der Waals surface area (Å²) in [5.74, 6) is 2.51. The molecule has 0 aromatic carbocycles. The molecule has 0 spiro atoms. The van der Waals surface area contributed by atoms with E-state index in [1.165, 1.54) is 25.7 Å². The lowest BCUT2D eigenvalue weighted by atomic mass is 9.70. The molecule has 1 fully saturated rings. The summed E-state index contributed by atoms with van der Waals surface area (Å²) in [6.45, 7) is 11.2. The van der Waals surface area contributed by atoms with Gasteiger partial charge in [-0.15, -0.1) is 0 Å². The zero-order valence-corrected chi connectivity index (χ0v) is 8.77. The number of rotatable bonds is 2. The fraction of sp³-hybridized carbons (Fsp3) is 0.833. The molecule has 0 aromatic rings. The molecule has 3 atom stereocenters. The second kappa shape index (κ2) is 4.11. The molecule has 1 aliphatic carbocycles. The van der Waals surface area contributed by atoms with Gasteiger partial charge in [0.05, 0.1) is 0 Å². The third kappa shape index (κ3) is 1.73. The van der Waals surface area contributed by atoms with E-state index in [9.17, 15) is 0 Å². The zero-order valence-electron chi connectivity index (χ0n) is 8.77. The van der Waals surface area contributed by atoms with Gasteiger partial charge in [0.25, 0.3) is 0 Å². The monoisotopic (exact) mass is 166 g/mol. The van der Waals surface area contributed by atoms with Gasteiger partial charge in [0.2, 0.25) is 0 Å². The van der Waals surface area contributed by atoms with Gasteiger partial charge in [-0.3, -0.25) is 0 Å². The summed E-state index contributed by atoms with van der Waals surface area (Å²) < 4.78 is 0. The van der Waals surface area contributed by atoms with Gasteiger partial charge in [0.15, 0.2) is 0 Å². The molecule has 70 valence electrons. The Bertz CT molecular complexity index is 157. The molecule has 1 saturated carbocycles. The molecule has 0 heterocycles. The summed E-state index contributed by atoms with van der Waals surface area (Å²) in [5.41, 5.74) is 1.54. The summed E-state index contributed by atoms with van der Waals surface area (Å²) in [7, 11) is 0. The summed E-state index contributed by atoms with van der Waals surface area (Å²) in [4.78, 5) is 0. The number of hydrogen-bond acceptors (Lipinski definition) is 0. The highest BCUT2D eigenvalue weighted by Crippen LogP contribution is 2.40.